The summed E-state index contributed by atoms with van der Waals surface area (Å²) in [6.07, 6.45) is 2.00. The molecule has 110 valence electrons. The van der Waals surface area contributed by atoms with E-state index in [0.717, 1.165) is 12.8 Å². The molecular weight excluding hydrogens is 282 g/mol. The summed E-state index contributed by atoms with van der Waals surface area (Å²) in [6.45, 7) is 0.489. The van der Waals surface area contributed by atoms with Crippen molar-refractivity contribution in [1.82, 2.24) is 5.32 Å². The number of ether oxygens (including phenoxy) is 1. The molecule has 0 unspecified atom stereocenters. The molecule has 0 heterocycles. The van der Waals surface area contributed by atoms with Crippen molar-refractivity contribution in [2.75, 3.05) is 13.2 Å². The quantitative estimate of drug-likeness (QED) is 0.224. The Kier molecular flexibility index (Phi) is 7.27. The van der Waals surface area contributed by atoms with Crippen LogP contribution in [0.2, 0.25) is 5.02 Å². The summed E-state index contributed by atoms with van der Waals surface area (Å²) in [5.74, 6) is 0.600. The van der Waals surface area contributed by atoms with Gasteiger partial charge in [-0.1, -0.05) is 16.8 Å². The Balaban J connectivity index is 2.10. The molecule has 0 saturated heterocycles. The molecule has 1 rings (SSSR count). The van der Waals surface area contributed by atoms with Crippen molar-refractivity contribution in [3.63, 3.8) is 0 Å². The fourth-order valence-corrected chi connectivity index (χ4v) is 1.57. The molecule has 1 aromatic carbocycles. The minimum Gasteiger partial charge on any atom is -0.484 e. The van der Waals surface area contributed by atoms with E-state index in [-0.39, 0.29) is 18.3 Å². The van der Waals surface area contributed by atoms with Gasteiger partial charge in [0, 0.05) is 18.0 Å². The van der Waals surface area contributed by atoms with Gasteiger partial charge in [-0.25, -0.2) is 0 Å². The lowest BCUT2D eigenvalue weighted by Crippen LogP contribution is -2.29. The highest BCUT2D eigenvalue weighted by molar-refractivity contribution is 6.30. The number of amides is 1. The zero-order valence-corrected chi connectivity index (χ0v) is 11.8. The second-order valence-corrected chi connectivity index (χ2v) is 4.58. The van der Waals surface area contributed by atoms with Gasteiger partial charge in [-0.05, 0) is 37.1 Å². The highest BCUT2D eigenvalue weighted by atomic mass is 35.5. The normalized spacial score (nSPS) is 11.2. The average Bonchev–Trinajstić information content (AvgIpc) is 2.46. The molecule has 7 heteroatoms. The average molecular weight is 300 g/mol. The van der Waals surface area contributed by atoms with E-state index in [4.69, 9.17) is 27.3 Å². The third kappa shape index (κ3) is 6.84. The Bertz CT molecular complexity index is 449. The van der Waals surface area contributed by atoms with Gasteiger partial charge in [0.2, 0.25) is 0 Å². The molecule has 0 fully saturated rings. The van der Waals surface area contributed by atoms with E-state index >= 15 is 0 Å². The van der Waals surface area contributed by atoms with Crippen molar-refractivity contribution in [2.24, 2.45) is 10.9 Å². The number of carbonyl (C=O) groups excluding carboxylic acids is 1. The van der Waals surface area contributed by atoms with Crippen LogP contribution in [0.1, 0.15) is 19.3 Å². The molecule has 1 aromatic rings. The Hall–Kier alpha value is -1.95. The van der Waals surface area contributed by atoms with Gasteiger partial charge < -0.3 is 21.0 Å². The largest absolute Gasteiger partial charge is 0.484 e. The molecule has 0 aliphatic carbocycles. The van der Waals surface area contributed by atoms with Gasteiger partial charge in [-0.2, -0.15) is 0 Å². The van der Waals surface area contributed by atoms with Crippen LogP contribution in [0.4, 0.5) is 0 Å². The number of hydrogen-bond donors (Lipinski definition) is 3. The first-order chi connectivity index (χ1) is 9.61. The molecule has 0 saturated carbocycles. The van der Waals surface area contributed by atoms with Gasteiger partial charge in [0.05, 0.1) is 0 Å². The summed E-state index contributed by atoms with van der Waals surface area (Å²) in [7, 11) is 0. The number of hydrogen-bond acceptors (Lipinski definition) is 4. The Labute approximate surface area is 122 Å². The predicted molar refractivity (Wildman–Crippen MR) is 77.2 cm³/mol. The Morgan fingerprint density at radius 2 is 2.05 bits per heavy atom. The highest BCUT2D eigenvalue weighted by Crippen LogP contribution is 2.15. The number of nitrogens with one attached hydrogen (secondary N) is 1. The minimum absolute atomic E-state index is 0.0398. The number of oxime groups is 1. The number of carbonyl (C=O) groups is 1. The van der Waals surface area contributed by atoms with Crippen molar-refractivity contribution in [3.8, 4) is 5.75 Å². The van der Waals surface area contributed by atoms with Crippen LogP contribution in [-0.2, 0) is 4.79 Å². The predicted octanol–water partition coefficient (Wildman–Crippen LogP) is 1.75. The second kappa shape index (κ2) is 9.03. The zero-order chi connectivity index (χ0) is 14.8. The van der Waals surface area contributed by atoms with Crippen molar-refractivity contribution < 1.29 is 14.7 Å². The van der Waals surface area contributed by atoms with E-state index in [0.29, 0.717) is 23.7 Å². The third-order valence-electron chi connectivity index (χ3n) is 2.49. The summed E-state index contributed by atoms with van der Waals surface area (Å²) in [5.41, 5.74) is 5.32. The van der Waals surface area contributed by atoms with Gasteiger partial charge in [-0.15, -0.1) is 0 Å². The second-order valence-electron chi connectivity index (χ2n) is 4.14. The van der Waals surface area contributed by atoms with Gasteiger partial charge >= 0.3 is 0 Å². The fraction of sp³-hybridized carbons (Fsp3) is 0.385. The molecule has 0 aliphatic heterocycles. The molecule has 4 N–H and O–H groups in total. The van der Waals surface area contributed by atoms with Gasteiger partial charge in [-0.3, -0.25) is 4.79 Å². The maximum absolute atomic E-state index is 11.5. The topological polar surface area (TPSA) is 96.9 Å². The molecule has 0 bridgehead atoms. The number of nitrogens with zero attached hydrogens (tertiary/aromatic N) is 1. The van der Waals surface area contributed by atoms with E-state index in [9.17, 15) is 4.79 Å². The van der Waals surface area contributed by atoms with Crippen LogP contribution in [0.3, 0.4) is 0 Å². The van der Waals surface area contributed by atoms with Crippen LogP contribution in [-0.4, -0.2) is 30.1 Å². The van der Waals surface area contributed by atoms with E-state index in [1.54, 1.807) is 24.3 Å². The molecule has 0 radical (unpaired) electrons. The first kappa shape index (κ1) is 16.1. The third-order valence-corrected chi connectivity index (χ3v) is 2.75. The molecule has 1 amide bonds. The number of amidine groups is 1. The summed E-state index contributed by atoms with van der Waals surface area (Å²) < 4.78 is 5.29. The standard InChI is InChI=1S/C13H18ClN3O3/c14-10-4-6-11(7-5-10)20-9-13(18)16-8-2-1-3-12(15)17-19/h4-7,19H,1-3,8-9H2,(H2,15,17)(H,16,18). The van der Waals surface area contributed by atoms with Gasteiger partial charge in [0.1, 0.15) is 11.6 Å². The molecule has 0 atom stereocenters. The molecular formula is C13H18ClN3O3. The lowest BCUT2D eigenvalue weighted by molar-refractivity contribution is -0.123. The number of rotatable bonds is 8. The van der Waals surface area contributed by atoms with Crippen LogP contribution >= 0.6 is 11.6 Å². The summed E-state index contributed by atoms with van der Waals surface area (Å²) in [5, 5.41) is 14.6. The lowest BCUT2D eigenvalue weighted by atomic mass is 10.2. The van der Waals surface area contributed by atoms with E-state index in [1.165, 1.54) is 0 Å². The van der Waals surface area contributed by atoms with Crippen LogP contribution in [0.25, 0.3) is 0 Å². The van der Waals surface area contributed by atoms with E-state index in [2.05, 4.69) is 10.5 Å². The van der Waals surface area contributed by atoms with Crippen molar-refractivity contribution in [2.45, 2.75) is 19.3 Å². The number of nitrogens with two attached hydrogens (primary N) is 1. The fourth-order valence-electron chi connectivity index (χ4n) is 1.44. The smallest absolute Gasteiger partial charge is 0.257 e. The number of unbranched alkanes of at least 4 members (excludes halogenated alkanes) is 1. The van der Waals surface area contributed by atoms with Crippen molar-refractivity contribution in [3.05, 3.63) is 29.3 Å². The molecule has 20 heavy (non-hydrogen) atoms. The van der Waals surface area contributed by atoms with Gasteiger partial charge in [0.25, 0.3) is 5.91 Å². The van der Waals surface area contributed by atoms with Crippen LogP contribution in [0.5, 0.6) is 5.75 Å². The van der Waals surface area contributed by atoms with Crippen molar-refractivity contribution >= 4 is 23.3 Å². The van der Waals surface area contributed by atoms with Crippen LogP contribution in [0, 0.1) is 0 Å². The summed E-state index contributed by atoms with van der Waals surface area (Å²) >= 11 is 5.74. The van der Waals surface area contributed by atoms with Crippen LogP contribution < -0.4 is 15.8 Å². The zero-order valence-electron chi connectivity index (χ0n) is 11.0. The lowest BCUT2D eigenvalue weighted by Gasteiger charge is -2.07. The molecule has 0 spiro atoms. The minimum atomic E-state index is -0.191. The van der Waals surface area contributed by atoms with E-state index in [1.807, 2.05) is 0 Å². The Morgan fingerprint density at radius 1 is 1.35 bits per heavy atom. The molecule has 0 aromatic heterocycles. The first-order valence-corrected chi connectivity index (χ1v) is 6.61. The summed E-state index contributed by atoms with van der Waals surface area (Å²) in [6, 6.07) is 6.79. The van der Waals surface area contributed by atoms with Gasteiger partial charge in [0.15, 0.2) is 6.61 Å². The summed E-state index contributed by atoms with van der Waals surface area (Å²) in [4.78, 5) is 11.5. The SMILES string of the molecule is NC(CCCCNC(=O)COc1ccc(Cl)cc1)=NO. The molecule has 6 nitrogen and oxygen atoms in total. The van der Waals surface area contributed by atoms with Crippen LogP contribution in [0.15, 0.2) is 29.4 Å². The number of benzene rings is 1. The monoisotopic (exact) mass is 299 g/mol. The maximum Gasteiger partial charge on any atom is 0.257 e. The van der Waals surface area contributed by atoms with Crippen molar-refractivity contribution in [1.29, 1.82) is 0 Å². The Morgan fingerprint density at radius 3 is 2.70 bits per heavy atom. The highest BCUT2D eigenvalue weighted by Gasteiger charge is 2.02. The first-order valence-electron chi connectivity index (χ1n) is 6.23. The van der Waals surface area contributed by atoms with E-state index < -0.39 is 0 Å². The maximum atomic E-state index is 11.5. The number of halogens is 1. The molecule has 0 aliphatic rings.